The van der Waals surface area contributed by atoms with E-state index in [2.05, 4.69) is 66.8 Å². The molecule has 1 N–H and O–H groups in total. The Morgan fingerprint density at radius 3 is 2.70 bits per heavy atom. The van der Waals surface area contributed by atoms with Crippen molar-refractivity contribution in [1.29, 1.82) is 0 Å². The first-order valence-corrected chi connectivity index (χ1v) is 7.82. The molecule has 0 saturated heterocycles. The summed E-state index contributed by atoms with van der Waals surface area (Å²) in [5.41, 5.74) is 2.35. The van der Waals surface area contributed by atoms with Crippen molar-refractivity contribution in [3.63, 3.8) is 0 Å². The van der Waals surface area contributed by atoms with E-state index >= 15 is 0 Å². The third kappa shape index (κ3) is 3.21. The molecule has 0 aliphatic rings. The summed E-state index contributed by atoms with van der Waals surface area (Å²) >= 11 is 0. The number of nitrogens with zero attached hydrogens (tertiary/aromatic N) is 2. The van der Waals surface area contributed by atoms with Crippen LogP contribution in [-0.2, 0) is 6.54 Å². The molecule has 2 atom stereocenters. The van der Waals surface area contributed by atoms with Crippen LogP contribution in [0.5, 0.6) is 0 Å². The zero-order valence-electron chi connectivity index (χ0n) is 13.2. The summed E-state index contributed by atoms with van der Waals surface area (Å²) in [6.07, 6.45) is 2.38. The second-order valence-corrected chi connectivity index (χ2v) is 5.70. The molecule has 0 saturated carbocycles. The Hall–Kier alpha value is -1.35. The van der Waals surface area contributed by atoms with Crippen LogP contribution < -0.4 is 5.32 Å². The zero-order chi connectivity index (χ0) is 14.5. The van der Waals surface area contributed by atoms with Crippen LogP contribution in [-0.4, -0.2) is 22.1 Å². The van der Waals surface area contributed by atoms with Crippen LogP contribution in [0.25, 0.3) is 11.0 Å². The summed E-state index contributed by atoms with van der Waals surface area (Å²) in [6.45, 7) is 11.0. The van der Waals surface area contributed by atoms with Gasteiger partial charge in [-0.15, -0.1) is 0 Å². The predicted octanol–water partition coefficient (Wildman–Crippen LogP) is 3.76. The first kappa shape index (κ1) is 15.0. The van der Waals surface area contributed by atoms with Gasteiger partial charge >= 0.3 is 0 Å². The summed E-state index contributed by atoms with van der Waals surface area (Å²) < 4.78 is 2.36. The number of fused-ring (bicyclic) bond motifs is 1. The largest absolute Gasteiger partial charge is 0.327 e. The Labute approximate surface area is 122 Å². The molecule has 1 aromatic heterocycles. The molecule has 0 amide bonds. The SMILES string of the molecule is CCCNC(Cn1c(C)nc2ccccc21)C(C)CC. The first-order chi connectivity index (χ1) is 9.67. The lowest BCUT2D eigenvalue weighted by Gasteiger charge is -2.25. The van der Waals surface area contributed by atoms with Gasteiger partial charge in [-0.25, -0.2) is 4.98 Å². The van der Waals surface area contributed by atoms with Crippen LogP contribution >= 0.6 is 0 Å². The minimum atomic E-state index is 0.510. The van der Waals surface area contributed by atoms with Crippen LogP contribution in [0.3, 0.4) is 0 Å². The molecule has 2 aromatic rings. The van der Waals surface area contributed by atoms with Gasteiger partial charge in [0.15, 0.2) is 0 Å². The topological polar surface area (TPSA) is 29.9 Å². The second-order valence-electron chi connectivity index (χ2n) is 5.70. The lowest BCUT2D eigenvalue weighted by molar-refractivity contribution is 0.330. The normalized spacial score (nSPS) is 14.6. The summed E-state index contributed by atoms with van der Waals surface area (Å²) in [5.74, 6) is 1.78. The average molecular weight is 273 g/mol. The molecule has 0 radical (unpaired) electrons. The van der Waals surface area contributed by atoms with Gasteiger partial charge in [0.05, 0.1) is 11.0 Å². The molecule has 1 heterocycles. The highest BCUT2D eigenvalue weighted by molar-refractivity contribution is 5.75. The van der Waals surface area contributed by atoms with E-state index in [-0.39, 0.29) is 0 Å². The number of benzene rings is 1. The number of aromatic nitrogens is 2. The van der Waals surface area contributed by atoms with E-state index in [0.29, 0.717) is 12.0 Å². The number of hydrogen-bond acceptors (Lipinski definition) is 2. The Bertz CT molecular complexity index is 544. The maximum absolute atomic E-state index is 4.67. The Morgan fingerprint density at radius 1 is 1.25 bits per heavy atom. The van der Waals surface area contributed by atoms with Crippen molar-refractivity contribution in [3.05, 3.63) is 30.1 Å². The van der Waals surface area contributed by atoms with Gasteiger partial charge < -0.3 is 9.88 Å². The molecule has 2 rings (SSSR count). The van der Waals surface area contributed by atoms with Crippen LogP contribution in [0.15, 0.2) is 24.3 Å². The highest BCUT2D eigenvalue weighted by atomic mass is 15.1. The van der Waals surface area contributed by atoms with Crippen LogP contribution in [0, 0.1) is 12.8 Å². The minimum absolute atomic E-state index is 0.510. The van der Waals surface area contributed by atoms with E-state index in [1.54, 1.807) is 0 Å². The van der Waals surface area contributed by atoms with Crippen LogP contribution in [0.2, 0.25) is 0 Å². The smallest absolute Gasteiger partial charge is 0.106 e. The van der Waals surface area contributed by atoms with Gasteiger partial charge in [-0.2, -0.15) is 0 Å². The summed E-state index contributed by atoms with van der Waals surface area (Å²) in [6, 6.07) is 8.92. The molecule has 110 valence electrons. The maximum Gasteiger partial charge on any atom is 0.106 e. The molecule has 0 aliphatic heterocycles. The standard InChI is InChI=1S/C17H27N3/c1-5-11-18-16(13(3)6-2)12-20-14(4)19-15-9-7-8-10-17(15)20/h7-10,13,16,18H,5-6,11-12H2,1-4H3. The quantitative estimate of drug-likeness (QED) is 0.832. The van der Waals surface area contributed by atoms with Gasteiger partial charge in [0.25, 0.3) is 0 Å². The molecule has 20 heavy (non-hydrogen) atoms. The van der Waals surface area contributed by atoms with Crippen molar-refractivity contribution in [1.82, 2.24) is 14.9 Å². The van der Waals surface area contributed by atoms with Gasteiger partial charge in [0, 0.05) is 12.6 Å². The van der Waals surface area contributed by atoms with Crippen LogP contribution in [0.1, 0.15) is 39.4 Å². The lowest BCUT2D eigenvalue weighted by Crippen LogP contribution is -2.39. The molecular formula is C17H27N3. The minimum Gasteiger partial charge on any atom is -0.327 e. The van der Waals surface area contributed by atoms with Gasteiger partial charge in [0.2, 0.25) is 0 Å². The third-order valence-corrected chi connectivity index (χ3v) is 4.21. The molecule has 3 nitrogen and oxygen atoms in total. The molecule has 3 heteroatoms. The van der Waals surface area contributed by atoms with Gasteiger partial charge in [0.1, 0.15) is 5.82 Å². The van der Waals surface area contributed by atoms with Gasteiger partial charge in [-0.05, 0) is 37.9 Å². The summed E-state index contributed by atoms with van der Waals surface area (Å²) in [7, 11) is 0. The lowest BCUT2D eigenvalue weighted by atomic mass is 9.98. The molecule has 0 aliphatic carbocycles. The van der Waals surface area contributed by atoms with E-state index in [1.165, 1.54) is 18.4 Å². The summed E-state index contributed by atoms with van der Waals surface area (Å²) in [5, 5.41) is 3.70. The highest BCUT2D eigenvalue weighted by Gasteiger charge is 2.18. The van der Waals surface area contributed by atoms with Gasteiger partial charge in [-0.3, -0.25) is 0 Å². The molecule has 1 aromatic carbocycles. The van der Waals surface area contributed by atoms with E-state index < -0.39 is 0 Å². The van der Waals surface area contributed by atoms with E-state index in [1.807, 2.05) is 0 Å². The van der Waals surface area contributed by atoms with Crippen LogP contribution in [0.4, 0.5) is 0 Å². The maximum atomic E-state index is 4.67. The number of imidazole rings is 1. The van der Waals surface area contributed by atoms with Crippen molar-refractivity contribution in [3.8, 4) is 0 Å². The fourth-order valence-corrected chi connectivity index (χ4v) is 2.68. The third-order valence-electron chi connectivity index (χ3n) is 4.21. The Kier molecular flexibility index (Phi) is 5.18. The molecule has 0 fully saturated rings. The zero-order valence-corrected chi connectivity index (χ0v) is 13.2. The number of para-hydroxylation sites is 2. The molecule has 0 spiro atoms. The number of aryl methyl sites for hydroxylation is 1. The van der Waals surface area contributed by atoms with Crippen molar-refractivity contribution >= 4 is 11.0 Å². The Balaban J connectivity index is 2.25. The molecule has 2 unspecified atom stereocenters. The van der Waals surface area contributed by atoms with Crippen molar-refractivity contribution in [2.24, 2.45) is 5.92 Å². The first-order valence-electron chi connectivity index (χ1n) is 7.82. The highest BCUT2D eigenvalue weighted by Crippen LogP contribution is 2.18. The number of nitrogens with one attached hydrogen (secondary N) is 1. The average Bonchev–Trinajstić information content (AvgIpc) is 2.78. The van der Waals surface area contributed by atoms with E-state index in [0.717, 1.165) is 24.4 Å². The number of rotatable bonds is 7. The molecule has 0 bridgehead atoms. The monoisotopic (exact) mass is 273 g/mol. The molecular weight excluding hydrogens is 246 g/mol. The van der Waals surface area contributed by atoms with E-state index in [9.17, 15) is 0 Å². The van der Waals surface area contributed by atoms with E-state index in [4.69, 9.17) is 0 Å². The Morgan fingerprint density at radius 2 is 2.00 bits per heavy atom. The van der Waals surface area contributed by atoms with Crippen molar-refractivity contribution in [2.75, 3.05) is 6.54 Å². The van der Waals surface area contributed by atoms with Crippen molar-refractivity contribution in [2.45, 2.75) is 53.1 Å². The predicted molar refractivity (Wildman–Crippen MR) is 86.0 cm³/mol. The second kappa shape index (κ2) is 6.89. The van der Waals surface area contributed by atoms with Gasteiger partial charge in [-0.1, -0.05) is 39.3 Å². The fraction of sp³-hybridized carbons (Fsp3) is 0.588. The summed E-state index contributed by atoms with van der Waals surface area (Å²) in [4.78, 5) is 4.67. The van der Waals surface area contributed by atoms with Crippen molar-refractivity contribution < 1.29 is 0 Å². The number of hydrogen-bond donors (Lipinski definition) is 1. The fourth-order valence-electron chi connectivity index (χ4n) is 2.68.